The van der Waals surface area contributed by atoms with E-state index in [1.165, 1.54) is 6.92 Å². The Bertz CT molecular complexity index is 1090. The monoisotopic (exact) mass is 482 g/mol. The van der Waals surface area contributed by atoms with Gasteiger partial charge in [-0.1, -0.05) is 11.6 Å². The largest absolute Gasteiger partial charge is 0.463 e. The fourth-order valence-corrected chi connectivity index (χ4v) is 3.97. The fourth-order valence-electron chi connectivity index (χ4n) is 2.91. The summed E-state index contributed by atoms with van der Waals surface area (Å²) in [6.45, 7) is 1.96. The third-order valence-electron chi connectivity index (χ3n) is 3.92. The molecular formula is C15H16Cl2N4O8S. The highest BCUT2D eigenvalue weighted by Crippen LogP contribution is 2.38. The average molecular weight is 483 g/mol. The van der Waals surface area contributed by atoms with Crippen LogP contribution in [0.1, 0.15) is 25.8 Å². The number of imidazole rings is 1. The molecule has 1 aliphatic rings. The van der Waals surface area contributed by atoms with Gasteiger partial charge in [-0.25, -0.2) is 9.97 Å². The molecule has 0 aliphatic carbocycles. The van der Waals surface area contributed by atoms with E-state index in [0.29, 0.717) is 0 Å². The van der Waals surface area contributed by atoms with Crippen molar-refractivity contribution >= 4 is 56.4 Å². The highest BCUT2D eigenvalue weighted by Gasteiger charge is 2.51. The van der Waals surface area contributed by atoms with Gasteiger partial charge in [0.05, 0.1) is 6.26 Å². The molecule has 0 amide bonds. The number of nitrogens with one attached hydrogen (secondary N) is 1. The second kappa shape index (κ2) is 8.59. The van der Waals surface area contributed by atoms with Gasteiger partial charge < -0.3 is 19.2 Å². The Morgan fingerprint density at radius 2 is 1.83 bits per heavy atom. The predicted molar refractivity (Wildman–Crippen MR) is 101 cm³/mol. The van der Waals surface area contributed by atoms with E-state index in [1.54, 1.807) is 0 Å². The second-order valence-corrected chi connectivity index (χ2v) is 8.64. The lowest BCUT2D eigenvalue weighted by Gasteiger charge is -2.22. The lowest BCUT2D eigenvalue weighted by atomic mass is 10.1. The molecule has 1 N–H and O–H groups in total. The smallest absolute Gasteiger partial charge is 0.303 e. The van der Waals surface area contributed by atoms with Gasteiger partial charge in [0, 0.05) is 13.8 Å². The summed E-state index contributed by atoms with van der Waals surface area (Å²) >= 11 is 11.8. The molecule has 1 saturated heterocycles. The molecule has 3 heterocycles. The number of carbonyl (C=O) groups is 2. The van der Waals surface area contributed by atoms with Crippen molar-refractivity contribution in [3.8, 4) is 0 Å². The van der Waals surface area contributed by atoms with Crippen molar-refractivity contribution in [2.45, 2.75) is 38.3 Å². The number of nitrogens with zero attached hydrogens (tertiary/aromatic N) is 3. The molecule has 0 bridgehead atoms. The minimum absolute atomic E-state index is 0.00816. The average Bonchev–Trinajstić information content (AvgIpc) is 3.14. The van der Waals surface area contributed by atoms with E-state index in [2.05, 4.69) is 19.9 Å². The van der Waals surface area contributed by atoms with Crippen molar-refractivity contribution in [1.82, 2.24) is 19.9 Å². The first kappa shape index (κ1) is 22.6. The van der Waals surface area contributed by atoms with Crippen molar-refractivity contribution in [2.24, 2.45) is 0 Å². The highest BCUT2D eigenvalue weighted by atomic mass is 35.5. The summed E-state index contributed by atoms with van der Waals surface area (Å²) in [5.74, 6) is -1.24. The highest BCUT2D eigenvalue weighted by molar-refractivity contribution is 7.86. The van der Waals surface area contributed by atoms with Gasteiger partial charge in [0.25, 0.3) is 10.1 Å². The lowest BCUT2D eigenvalue weighted by Crippen LogP contribution is -2.40. The molecule has 2 aromatic heterocycles. The van der Waals surface area contributed by atoms with Crippen LogP contribution in [-0.4, -0.2) is 71.5 Å². The minimum atomic E-state index is -3.99. The summed E-state index contributed by atoms with van der Waals surface area (Å²) < 4.78 is 44.6. The fraction of sp³-hybridized carbons (Fsp3) is 0.533. The van der Waals surface area contributed by atoms with Crippen molar-refractivity contribution < 1.29 is 36.4 Å². The molecular weight excluding hydrogens is 467 g/mol. The predicted octanol–water partition coefficient (Wildman–Crippen LogP) is 0.939. The van der Waals surface area contributed by atoms with Crippen LogP contribution in [0.5, 0.6) is 0 Å². The summed E-state index contributed by atoms with van der Waals surface area (Å²) in [6.07, 6.45) is -3.94. The van der Waals surface area contributed by atoms with Crippen LogP contribution >= 0.6 is 23.2 Å². The molecule has 0 radical (unpaired) electrons. The molecule has 164 valence electrons. The van der Waals surface area contributed by atoms with Crippen LogP contribution in [0.15, 0.2) is 0 Å². The first-order valence-electron chi connectivity index (χ1n) is 8.37. The van der Waals surface area contributed by atoms with E-state index < -0.39 is 46.5 Å². The molecule has 1 fully saturated rings. The van der Waals surface area contributed by atoms with Gasteiger partial charge in [-0.15, -0.1) is 0 Å². The van der Waals surface area contributed by atoms with Gasteiger partial charge in [0.1, 0.15) is 30.2 Å². The number of hydrogen-bond acceptors (Lipinski definition) is 11. The van der Waals surface area contributed by atoms with Crippen molar-refractivity contribution in [1.29, 1.82) is 0 Å². The second-order valence-electron chi connectivity index (χ2n) is 6.34. The number of H-pyrrole nitrogens is 1. The van der Waals surface area contributed by atoms with Crippen molar-refractivity contribution in [2.75, 3.05) is 12.9 Å². The number of aromatic nitrogens is 4. The Kier molecular flexibility index (Phi) is 6.48. The summed E-state index contributed by atoms with van der Waals surface area (Å²) in [7, 11) is -3.99. The number of rotatable bonds is 6. The first-order valence-corrected chi connectivity index (χ1v) is 10.9. The standard InChI is InChI=1S/C15H16Cl2N4O8S/c1-5(22)26-4-7-9(29-30(3,24)25)10(27-6(2)23)11(28-7)14-18-8-12(16)19-15(17)21-13(8)20-14/h7,9-11H,4H2,1-3H3,(H,18,19,20,21)/t7-,9+,10-,11-/m1/s1. The SMILES string of the molecule is CC(=O)OC[C@H]1O[C@@H](c2nc3nc(Cl)nc(Cl)c3[nH]2)[C@H](OC(C)=O)[C@H]1OS(C)(=O)=O. The van der Waals surface area contributed by atoms with Gasteiger partial charge >= 0.3 is 11.9 Å². The Balaban J connectivity index is 2.03. The van der Waals surface area contributed by atoms with Crippen LogP contribution in [-0.2, 0) is 38.1 Å². The molecule has 2 aromatic rings. The Morgan fingerprint density at radius 1 is 1.13 bits per heavy atom. The molecule has 15 heteroatoms. The number of halogens is 2. The third kappa shape index (κ3) is 5.16. The van der Waals surface area contributed by atoms with Gasteiger partial charge in [0.15, 0.2) is 23.0 Å². The summed E-state index contributed by atoms with van der Waals surface area (Å²) in [5.41, 5.74) is 0.356. The molecule has 4 atom stereocenters. The zero-order chi connectivity index (χ0) is 22.2. The van der Waals surface area contributed by atoms with Crippen LogP contribution < -0.4 is 0 Å². The maximum atomic E-state index is 11.8. The number of carbonyl (C=O) groups excluding carboxylic acids is 2. The van der Waals surface area contributed by atoms with E-state index in [4.69, 9.17) is 41.6 Å². The molecule has 3 rings (SSSR count). The van der Waals surface area contributed by atoms with E-state index in [-0.39, 0.29) is 34.0 Å². The minimum Gasteiger partial charge on any atom is -0.463 e. The first-order chi connectivity index (χ1) is 13.9. The zero-order valence-electron chi connectivity index (χ0n) is 15.8. The van der Waals surface area contributed by atoms with E-state index >= 15 is 0 Å². The third-order valence-corrected chi connectivity index (χ3v) is 4.93. The maximum absolute atomic E-state index is 11.8. The van der Waals surface area contributed by atoms with Crippen LogP contribution in [0.3, 0.4) is 0 Å². The van der Waals surface area contributed by atoms with Gasteiger partial charge in [-0.05, 0) is 11.6 Å². The van der Waals surface area contributed by atoms with Gasteiger partial charge in [-0.2, -0.15) is 13.4 Å². The Labute approximate surface area is 180 Å². The molecule has 0 unspecified atom stereocenters. The quantitative estimate of drug-likeness (QED) is 0.270. The molecule has 30 heavy (non-hydrogen) atoms. The number of aromatic amines is 1. The molecule has 0 spiro atoms. The van der Waals surface area contributed by atoms with Crippen LogP contribution in [0.25, 0.3) is 11.2 Å². The Morgan fingerprint density at radius 3 is 2.43 bits per heavy atom. The Hall–Kier alpha value is -2.06. The van der Waals surface area contributed by atoms with E-state index in [9.17, 15) is 18.0 Å². The van der Waals surface area contributed by atoms with E-state index in [1.807, 2.05) is 0 Å². The van der Waals surface area contributed by atoms with Crippen LogP contribution in [0.4, 0.5) is 0 Å². The topological polar surface area (TPSA) is 160 Å². The van der Waals surface area contributed by atoms with Crippen molar-refractivity contribution in [3.63, 3.8) is 0 Å². The number of fused-ring (bicyclic) bond motifs is 1. The number of esters is 2. The molecule has 12 nitrogen and oxygen atoms in total. The number of ether oxygens (including phenoxy) is 3. The summed E-state index contributed by atoms with van der Waals surface area (Å²) in [4.78, 5) is 37.7. The van der Waals surface area contributed by atoms with Crippen LogP contribution in [0.2, 0.25) is 10.4 Å². The summed E-state index contributed by atoms with van der Waals surface area (Å²) in [5, 5.41) is -0.147. The number of hydrogen-bond donors (Lipinski definition) is 1. The van der Waals surface area contributed by atoms with E-state index in [0.717, 1.165) is 13.2 Å². The van der Waals surface area contributed by atoms with Crippen LogP contribution in [0, 0.1) is 0 Å². The molecule has 1 aliphatic heterocycles. The summed E-state index contributed by atoms with van der Waals surface area (Å²) in [6, 6.07) is 0. The van der Waals surface area contributed by atoms with Gasteiger partial charge in [0.2, 0.25) is 5.28 Å². The normalized spacial score (nSPS) is 24.2. The maximum Gasteiger partial charge on any atom is 0.303 e. The molecule has 0 aromatic carbocycles. The zero-order valence-corrected chi connectivity index (χ0v) is 18.1. The molecule has 0 saturated carbocycles. The van der Waals surface area contributed by atoms with Crippen molar-refractivity contribution in [3.05, 3.63) is 16.3 Å². The van der Waals surface area contributed by atoms with Gasteiger partial charge in [-0.3, -0.25) is 13.8 Å². The lowest BCUT2D eigenvalue weighted by molar-refractivity contribution is -0.152.